The Balaban J connectivity index is 2.93. The molecule has 0 saturated carbocycles. The van der Waals surface area contributed by atoms with E-state index in [4.69, 9.17) is 5.73 Å². The summed E-state index contributed by atoms with van der Waals surface area (Å²) in [5.41, 5.74) is 5.93. The van der Waals surface area contributed by atoms with E-state index >= 15 is 0 Å². The first kappa shape index (κ1) is 12.7. The fourth-order valence-corrected chi connectivity index (χ4v) is 2.87. The normalized spacial score (nSPS) is 12.2. The van der Waals surface area contributed by atoms with Crippen LogP contribution >= 0.6 is 0 Å². The first-order valence-corrected chi connectivity index (χ1v) is 6.72. The Morgan fingerprint density at radius 3 is 2.28 bits per heavy atom. The van der Waals surface area contributed by atoms with Gasteiger partial charge in [0.1, 0.15) is 5.75 Å². The minimum absolute atomic E-state index is 0.0507. The van der Waals surface area contributed by atoms with E-state index in [-0.39, 0.29) is 16.3 Å². The molecule has 96 valence electrons. The van der Waals surface area contributed by atoms with E-state index in [1.54, 1.807) is 24.3 Å². The van der Waals surface area contributed by atoms with Gasteiger partial charge in [0.05, 0.1) is 10.6 Å². The molecule has 0 bridgehead atoms. The van der Waals surface area contributed by atoms with E-state index in [9.17, 15) is 13.5 Å². The Hall–Kier alpha value is -1.79. The van der Waals surface area contributed by atoms with Crippen molar-refractivity contribution in [2.75, 3.05) is 19.8 Å². The molecule has 3 N–H and O–H groups in total. The molecule has 0 heterocycles. The number of nitrogens with two attached hydrogens (primary N) is 1. The number of phenols is 1. The van der Waals surface area contributed by atoms with Crippen molar-refractivity contribution < 1.29 is 13.5 Å². The molecule has 0 aromatic heterocycles. The monoisotopic (exact) mass is 266 g/mol. The number of hydrogen-bond acceptors (Lipinski definition) is 4. The van der Waals surface area contributed by atoms with Crippen LogP contribution in [0.25, 0.3) is 10.8 Å². The van der Waals surface area contributed by atoms with Crippen molar-refractivity contribution in [2.24, 2.45) is 0 Å². The molecule has 0 radical (unpaired) electrons. The summed E-state index contributed by atoms with van der Waals surface area (Å²) >= 11 is 0. The van der Waals surface area contributed by atoms with Gasteiger partial charge in [0.15, 0.2) is 0 Å². The molecule has 0 fully saturated rings. The van der Waals surface area contributed by atoms with E-state index in [1.165, 1.54) is 20.2 Å². The van der Waals surface area contributed by atoms with Crippen LogP contribution in [0.5, 0.6) is 5.75 Å². The van der Waals surface area contributed by atoms with Crippen LogP contribution in [-0.2, 0) is 10.0 Å². The Kier molecular flexibility index (Phi) is 2.92. The fraction of sp³-hybridized carbons (Fsp3) is 0.167. The molecule has 0 unspecified atom stereocenters. The van der Waals surface area contributed by atoms with Gasteiger partial charge in [-0.25, -0.2) is 12.7 Å². The molecule has 2 aromatic carbocycles. The highest BCUT2D eigenvalue weighted by Crippen LogP contribution is 2.35. The van der Waals surface area contributed by atoms with Gasteiger partial charge >= 0.3 is 0 Å². The lowest BCUT2D eigenvalue weighted by atomic mass is 10.1. The quantitative estimate of drug-likeness (QED) is 0.635. The largest absolute Gasteiger partial charge is 0.506 e. The molecule has 0 spiro atoms. The zero-order chi connectivity index (χ0) is 13.5. The van der Waals surface area contributed by atoms with Gasteiger partial charge in [0.2, 0.25) is 10.0 Å². The van der Waals surface area contributed by atoms with Gasteiger partial charge in [-0.05, 0) is 0 Å². The van der Waals surface area contributed by atoms with E-state index in [0.717, 1.165) is 4.31 Å². The molecule has 6 heteroatoms. The Morgan fingerprint density at radius 2 is 1.72 bits per heavy atom. The highest BCUT2D eigenvalue weighted by Gasteiger charge is 2.22. The second-order valence-electron chi connectivity index (χ2n) is 4.14. The lowest BCUT2D eigenvalue weighted by Gasteiger charge is -2.15. The van der Waals surface area contributed by atoms with Crippen LogP contribution in [0.1, 0.15) is 0 Å². The maximum atomic E-state index is 12.2. The van der Waals surface area contributed by atoms with E-state index in [1.807, 2.05) is 0 Å². The SMILES string of the molecule is CN(C)S(=O)(=O)c1cc(O)c(N)c2ccccc12. The van der Waals surface area contributed by atoms with Crippen LogP contribution in [0, 0.1) is 0 Å². The zero-order valence-electron chi connectivity index (χ0n) is 10.1. The zero-order valence-corrected chi connectivity index (χ0v) is 10.9. The van der Waals surface area contributed by atoms with Gasteiger partial charge < -0.3 is 10.8 Å². The number of rotatable bonds is 2. The number of nitrogens with zero attached hydrogens (tertiary/aromatic N) is 1. The third kappa shape index (κ3) is 1.79. The van der Waals surface area contributed by atoms with Crippen LogP contribution in [0.2, 0.25) is 0 Å². The van der Waals surface area contributed by atoms with Gasteiger partial charge in [0.25, 0.3) is 0 Å². The van der Waals surface area contributed by atoms with E-state index in [2.05, 4.69) is 0 Å². The average Bonchev–Trinajstić information content (AvgIpc) is 2.33. The maximum absolute atomic E-state index is 12.2. The van der Waals surface area contributed by atoms with E-state index in [0.29, 0.717) is 10.8 Å². The maximum Gasteiger partial charge on any atom is 0.243 e. The molecule has 0 aliphatic rings. The standard InChI is InChI=1S/C12H14N2O3S/c1-14(2)18(16,17)11-7-10(15)12(13)9-6-4-3-5-8(9)11/h3-7,15H,13H2,1-2H3. The summed E-state index contributed by atoms with van der Waals surface area (Å²) in [6.45, 7) is 0. The van der Waals surface area contributed by atoms with Crippen LogP contribution in [0.4, 0.5) is 5.69 Å². The second-order valence-corrected chi connectivity index (χ2v) is 6.26. The number of sulfonamides is 1. The van der Waals surface area contributed by atoms with Crippen LogP contribution in [-0.4, -0.2) is 31.9 Å². The third-order valence-electron chi connectivity index (χ3n) is 2.79. The summed E-state index contributed by atoms with van der Waals surface area (Å²) in [5, 5.41) is 10.8. The number of anilines is 1. The summed E-state index contributed by atoms with van der Waals surface area (Å²) in [6, 6.07) is 8.01. The number of phenolic OH excluding ortho intramolecular Hbond substituents is 1. The molecule has 0 aliphatic heterocycles. The molecule has 5 nitrogen and oxygen atoms in total. The molecule has 0 aliphatic carbocycles. The van der Waals surface area contributed by atoms with Crippen LogP contribution in [0.3, 0.4) is 0 Å². The van der Waals surface area contributed by atoms with Crippen molar-refractivity contribution in [3.8, 4) is 5.75 Å². The van der Waals surface area contributed by atoms with Crippen molar-refractivity contribution in [3.05, 3.63) is 30.3 Å². The van der Waals surface area contributed by atoms with E-state index < -0.39 is 10.0 Å². The fourth-order valence-electron chi connectivity index (χ4n) is 1.76. The topological polar surface area (TPSA) is 83.6 Å². The van der Waals surface area contributed by atoms with Gasteiger partial charge in [-0.3, -0.25) is 0 Å². The number of aromatic hydroxyl groups is 1. The van der Waals surface area contributed by atoms with Crippen molar-refractivity contribution in [3.63, 3.8) is 0 Å². The smallest absolute Gasteiger partial charge is 0.243 e. The molecule has 0 atom stereocenters. The van der Waals surface area contributed by atoms with Gasteiger partial charge in [-0.15, -0.1) is 0 Å². The molecule has 2 rings (SSSR count). The van der Waals surface area contributed by atoms with Crippen molar-refractivity contribution in [2.45, 2.75) is 4.90 Å². The van der Waals surface area contributed by atoms with Crippen molar-refractivity contribution in [1.29, 1.82) is 0 Å². The molecule has 2 aromatic rings. The Bertz CT molecular complexity index is 709. The Labute approximate surface area is 105 Å². The summed E-state index contributed by atoms with van der Waals surface area (Å²) in [6.07, 6.45) is 0. The molecule has 0 saturated heterocycles. The van der Waals surface area contributed by atoms with Crippen LogP contribution < -0.4 is 5.73 Å². The highest BCUT2D eigenvalue weighted by molar-refractivity contribution is 7.89. The average molecular weight is 266 g/mol. The second kappa shape index (κ2) is 4.15. The predicted molar refractivity (Wildman–Crippen MR) is 70.9 cm³/mol. The lowest BCUT2D eigenvalue weighted by molar-refractivity contribution is 0.475. The number of benzene rings is 2. The van der Waals surface area contributed by atoms with Crippen molar-refractivity contribution >= 4 is 26.5 Å². The van der Waals surface area contributed by atoms with Crippen molar-refractivity contribution in [1.82, 2.24) is 4.31 Å². The third-order valence-corrected chi connectivity index (χ3v) is 4.64. The lowest BCUT2D eigenvalue weighted by Crippen LogP contribution is -2.22. The molecule has 18 heavy (non-hydrogen) atoms. The minimum atomic E-state index is -3.62. The summed E-state index contributed by atoms with van der Waals surface area (Å²) in [5.74, 6) is -0.228. The molecular weight excluding hydrogens is 252 g/mol. The number of nitrogen functional groups attached to an aromatic ring is 1. The molecule has 0 amide bonds. The number of hydrogen-bond donors (Lipinski definition) is 2. The highest BCUT2D eigenvalue weighted by atomic mass is 32.2. The minimum Gasteiger partial charge on any atom is -0.506 e. The molecular formula is C12H14N2O3S. The first-order valence-electron chi connectivity index (χ1n) is 5.28. The van der Waals surface area contributed by atoms with Gasteiger partial charge in [-0.2, -0.15) is 0 Å². The summed E-state index contributed by atoms with van der Waals surface area (Å²) in [4.78, 5) is 0.0507. The number of fused-ring (bicyclic) bond motifs is 1. The summed E-state index contributed by atoms with van der Waals surface area (Å²) in [7, 11) is -0.741. The predicted octanol–water partition coefficient (Wildman–Crippen LogP) is 1.38. The van der Waals surface area contributed by atoms with Gasteiger partial charge in [0, 0.05) is 30.9 Å². The Morgan fingerprint density at radius 1 is 1.17 bits per heavy atom. The van der Waals surface area contributed by atoms with Gasteiger partial charge in [-0.1, -0.05) is 24.3 Å². The van der Waals surface area contributed by atoms with Crippen LogP contribution in [0.15, 0.2) is 35.2 Å². The first-order chi connectivity index (χ1) is 8.35. The summed E-state index contributed by atoms with van der Waals surface area (Å²) < 4.78 is 25.5.